The molecule has 2 rings (SSSR count). The summed E-state index contributed by atoms with van der Waals surface area (Å²) in [5.41, 5.74) is -0.559. The largest absolute Gasteiger partial charge is 0.477 e. The second-order valence-electron chi connectivity index (χ2n) is 7.97. The molecule has 150 valence electrons. The number of aromatic carboxylic acids is 1. The van der Waals surface area contributed by atoms with Crippen LogP contribution >= 0.6 is 0 Å². The van der Waals surface area contributed by atoms with Crippen LogP contribution in [-0.2, 0) is 4.74 Å². The van der Waals surface area contributed by atoms with Crippen molar-refractivity contribution in [3.63, 3.8) is 0 Å². The average Bonchev–Trinajstić information content (AvgIpc) is 2.53. The highest BCUT2D eigenvalue weighted by Crippen LogP contribution is 2.21. The molecule has 3 N–H and O–H groups in total. The molecule has 0 spiro atoms. The number of ether oxygens (including phenoxy) is 1. The zero-order valence-electron chi connectivity index (χ0n) is 16.6. The van der Waals surface area contributed by atoms with Gasteiger partial charge in [0.2, 0.25) is 5.95 Å². The van der Waals surface area contributed by atoms with E-state index in [-0.39, 0.29) is 29.6 Å². The number of likely N-dealkylation sites (tertiary alicyclic amines) is 1. The third-order valence-corrected chi connectivity index (χ3v) is 3.85. The highest BCUT2D eigenvalue weighted by molar-refractivity contribution is 5.93. The number of amides is 1. The average molecular weight is 379 g/mol. The molecule has 0 bridgehead atoms. The minimum absolute atomic E-state index is 0.00121. The van der Waals surface area contributed by atoms with E-state index in [1.165, 1.54) is 6.20 Å². The summed E-state index contributed by atoms with van der Waals surface area (Å²) in [6.07, 6.45) is 2.52. The standard InChI is InChI=1S/C18H29N5O4/c1-11(2)20-16-19-9-13(15(24)25)14(22-16)21-12-7-6-8-23(10-12)17(26)27-18(3,4)5/h9,11-12H,6-8,10H2,1-5H3,(H,24,25)(H2,19,20,21,22). The van der Waals surface area contributed by atoms with Crippen LogP contribution in [-0.4, -0.2) is 62.8 Å². The van der Waals surface area contributed by atoms with E-state index < -0.39 is 11.6 Å². The Kier molecular flexibility index (Phi) is 6.45. The molecule has 2 heterocycles. The zero-order valence-corrected chi connectivity index (χ0v) is 16.6. The van der Waals surface area contributed by atoms with Crippen molar-refractivity contribution in [2.45, 2.75) is 65.1 Å². The zero-order chi connectivity index (χ0) is 20.2. The summed E-state index contributed by atoms with van der Waals surface area (Å²) in [6, 6.07) is -0.00274. The van der Waals surface area contributed by atoms with Crippen molar-refractivity contribution in [1.82, 2.24) is 14.9 Å². The number of hydrogen-bond donors (Lipinski definition) is 3. The van der Waals surface area contributed by atoms with Crippen molar-refractivity contribution in [3.8, 4) is 0 Å². The van der Waals surface area contributed by atoms with Crippen LogP contribution in [0.3, 0.4) is 0 Å². The lowest BCUT2D eigenvalue weighted by molar-refractivity contribution is 0.0205. The molecule has 1 saturated heterocycles. The van der Waals surface area contributed by atoms with Gasteiger partial charge in [0.1, 0.15) is 17.0 Å². The minimum atomic E-state index is -1.10. The van der Waals surface area contributed by atoms with Gasteiger partial charge in [-0.1, -0.05) is 0 Å². The summed E-state index contributed by atoms with van der Waals surface area (Å²) >= 11 is 0. The number of carbonyl (C=O) groups excluding carboxylic acids is 1. The van der Waals surface area contributed by atoms with Gasteiger partial charge >= 0.3 is 12.1 Å². The number of nitrogens with one attached hydrogen (secondary N) is 2. The quantitative estimate of drug-likeness (QED) is 0.715. The molecular weight excluding hydrogens is 350 g/mol. The molecule has 0 saturated carbocycles. The van der Waals surface area contributed by atoms with E-state index >= 15 is 0 Å². The summed E-state index contributed by atoms with van der Waals surface area (Å²) < 4.78 is 5.43. The van der Waals surface area contributed by atoms with E-state index in [0.717, 1.165) is 12.8 Å². The Hall–Kier alpha value is -2.58. The topological polar surface area (TPSA) is 117 Å². The van der Waals surface area contributed by atoms with Crippen LogP contribution in [0, 0.1) is 0 Å². The molecular formula is C18H29N5O4. The van der Waals surface area contributed by atoms with Gasteiger partial charge in [-0.3, -0.25) is 0 Å². The number of anilines is 2. The predicted molar refractivity (Wildman–Crippen MR) is 102 cm³/mol. The van der Waals surface area contributed by atoms with Crippen molar-refractivity contribution in [1.29, 1.82) is 0 Å². The molecule has 0 aliphatic carbocycles. The van der Waals surface area contributed by atoms with Crippen LogP contribution in [0.25, 0.3) is 0 Å². The third kappa shape index (κ3) is 6.26. The van der Waals surface area contributed by atoms with Gasteiger partial charge in [-0.15, -0.1) is 0 Å². The number of nitrogens with zero attached hydrogens (tertiary/aromatic N) is 3. The maximum absolute atomic E-state index is 12.3. The van der Waals surface area contributed by atoms with Gasteiger partial charge in [-0.2, -0.15) is 4.98 Å². The molecule has 0 radical (unpaired) electrons. The van der Waals surface area contributed by atoms with Crippen molar-refractivity contribution in [3.05, 3.63) is 11.8 Å². The Balaban J connectivity index is 2.12. The summed E-state index contributed by atoms with van der Waals surface area (Å²) in [4.78, 5) is 33.8. The number of carboxylic acid groups (broad SMARTS) is 1. The van der Waals surface area contributed by atoms with Crippen LogP contribution < -0.4 is 10.6 Å². The van der Waals surface area contributed by atoms with Crippen LogP contribution in [0.2, 0.25) is 0 Å². The Labute approximate surface area is 159 Å². The van der Waals surface area contributed by atoms with Crippen molar-refractivity contribution >= 4 is 23.8 Å². The van der Waals surface area contributed by atoms with Crippen LogP contribution in [0.15, 0.2) is 6.20 Å². The predicted octanol–water partition coefficient (Wildman–Crippen LogP) is 2.81. The Morgan fingerprint density at radius 3 is 2.67 bits per heavy atom. The minimum Gasteiger partial charge on any atom is -0.477 e. The highest BCUT2D eigenvalue weighted by atomic mass is 16.6. The first-order valence-corrected chi connectivity index (χ1v) is 9.16. The molecule has 1 aromatic heterocycles. The first-order chi connectivity index (χ1) is 12.5. The number of carboxylic acids is 1. The Bertz CT molecular complexity index is 687. The fourth-order valence-corrected chi connectivity index (χ4v) is 2.76. The van der Waals surface area contributed by atoms with E-state index in [0.29, 0.717) is 19.0 Å². The number of aromatic nitrogens is 2. The number of rotatable bonds is 5. The van der Waals surface area contributed by atoms with Crippen molar-refractivity contribution < 1.29 is 19.4 Å². The molecule has 1 fully saturated rings. The molecule has 27 heavy (non-hydrogen) atoms. The smallest absolute Gasteiger partial charge is 0.410 e. The molecule has 9 heteroatoms. The van der Waals surface area contributed by atoms with Gasteiger partial charge in [0.05, 0.1) is 0 Å². The molecule has 1 aliphatic rings. The summed E-state index contributed by atoms with van der Waals surface area (Å²) in [6.45, 7) is 10.4. The van der Waals surface area contributed by atoms with E-state index in [2.05, 4.69) is 20.6 Å². The summed E-state index contributed by atoms with van der Waals surface area (Å²) in [5, 5.41) is 15.6. The summed E-state index contributed by atoms with van der Waals surface area (Å²) in [7, 11) is 0. The maximum atomic E-state index is 12.3. The molecule has 0 aromatic carbocycles. The molecule has 9 nitrogen and oxygen atoms in total. The Morgan fingerprint density at radius 1 is 1.37 bits per heavy atom. The SMILES string of the molecule is CC(C)Nc1ncc(C(=O)O)c(NC2CCCN(C(=O)OC(C)(C)C)C2)n1. The van der Waals surface area contributed by atoms with E-state index in [9.17, 15) is 14.7 Å². The lowest BCUT2D eigenvalue weighted by Crippen LogP contribution is -2.47. The number of carbonyl (C=O) groups is 2. The summed E-state index contributed by atoms with van der Waals surface area (Å²) in [5.74, 6) is -0.498. The fourth-order valence-electron chi connectivity index (χ4n) is 2.76. The number of piperidine rings is 1. The fraction of sp³-hybridized carbons (Fsp3) is 0.667. The van der Waals surface area contributed by atoms with Gasteiger partial charge in [0.25, 0.3) is 0 Å². The van der Waals surface area contributed by atoms with Crippen LogP contribution in [0.5, 0.6) is 0 Å². The molecule has 1 aromatic rings. The van der Waals surface area contributed by atoms with Crippen molar-refractivity contribution in [2.75, 3.05) is 23.7 Å². The van der Waals surface area contributed by atoms with Gasteiger partial charge < -0.3 is 25.4 Å². The normalized spacial score (nSPS) is 17.6. The van der Waals surface area contributed by atoms with E-state index in [1.54, 1.807) is 4.90 Å². The van der Waals surface area contributed by atoms with Crippen molar-refractivity contribution in [2.24, 2.45) is 0 Å². The molecule has 1 atom stereocenters. The third-order valence-electron chi connectivity index (χ3n) is 3.85. The Morgan fingerprint density at radius 2 is 2.07 bits per heavy atom. The molecule has 1 unspecified atom stereocenters. The van der Waals surface area contributed by atoms with Gasteiger partial charge in [0, 0.05) is 31.4 Å². The first kappa shape index (κ1) is 20.7. The maximum Gasteiger partial charge on any atom is 0.410 e. The van der Waals surface area contributed by atoms with E-state index in [4.69, 9.17) is 4.74 Å². The van der Waals surface area contributed by atoms with Gasteiger partial charge in [-0.05, 0) is 47.5 Å². The lowest BCUT2D eigenvalue weighted by atomic mass is 10.1. The molecule has 1 amide bonds. The number of hydrogen-bond acceptors (Lipinski definition) is 7. The van der Waals surface area contributed by atoms with Gasteiger partial charge in [0.15, 0.2) is 0 Å². The van der Waals surface area contributed by atoms with Crippen LogP contribution in [0.4, 0.5) is 16.6 Å². The van der Waals surface area contributed by atoms with Crippen LogP contribution in [0.1, 0.15) is 57.8 Å². The molecule has 1 aliphatic heterocycles. The second kappa shape index (κ2) is 8.41. The second-order valence-corrected chi connectivity index (χ2v) is 7.97. The lowest BCUT2D eigenvalue weighted by Gasteiger charge is -2.34. The van der Waals surface area contributed by atoms with Gasteiger partial charge in [-0.25, -0.2) is 14.6 Å². The first-order valence-electron chi connectivity index (χ1n) is 9.16. The monoisotopic (exact) mass is 379 g/mol. The van der Waals surface area contributed by atoms with E-state index in [1.807, 2.05) is 34.6 Å². The highest BCUT2D eigenvalue weighted by Gasteiger charge is 2.28.